The van der Waals surface area contributed by atoms with Crippen LogP contribution in [0.3, 0.4) is 0 Å². The lowest BCUT2D eigenvalue weighted by Crippen LogP contribution is -2.18. The maximum absolute atomic E-state index is 11.6. The number of aliphatic hydroxyl groups is 1. The lowest BCUT2D eigenvalue weighted by atomic mass is 10.1. The second-order valence-corrected chi connectivity index (χ2v) is 9.82. The Morgan fingerprint density at radius 2 is 1.74 bits per heavy atom. The van der Waals surface area contributed by atoms with Crippen molar-refractivity contribution in [1.29, 1.82) is 5.41 Å². The summed E-state index contributed by atoms with van der Waals surface area (Å²) >= 11 is 0. The molecule has 0 atom stereocenters. The Balaban J connectivity index is 0.000000501. The zero-order valence-electron chi connectivity index (χ0n) is 18.3. The van der Waals surface area contributed by atoms with Gasteiger partial charge in [0.1, 0.15) is 5.94 Å². The van der Waals surface area contributed by atoms with Crippen LogP contribution < -0.4 is 14.9 Å². The topological polar surface area (TPSA) is 119 Å². The number of hydrogen-bond acceptors (Lipinski definition) is 7. The van der Waals surface area contributed by atoms with E-state index >= 15 is 0 Å². The number of ether oxygens (including phenoxy) is 2. The highest BCUT2D eigenvalue weighted by atomic mass is 32.2. The second-order valence-electron chi connectivity index (χ2n) is 7.71. The lowest BCUT2D eigenvalue weighted by Gasteiger charge is -2.16. The van der Waals surface area contributed by atoms with Crippen molar-refractivity contribution < 1.29 is 23.0 Å². The summed E-state index contributed by atoms with van der Waals surface area (Å²) in [5, 5.41) is 16.3. The molecule has 0 spiro atoms. The van der Waals surface area contributed by atoms with Crippen LogP contribution in [-0.4, -0.2) is 49.7 Å². The van der Waals surface area contributed by atoms with E-state index in [4.69, 9.17) is 20.0 Å². The Bertz CT molecular complexity index is 1060. The first-order valence-electron chi connectivity index (χ1n) is 9.89. The van der Waals surface area contributed by atoms with Gasteiger partial charge < -0.3 is 24.6 Å². The third-order valence-corrected chi connectivity index (χ3v) is 5.26. The van der Waals surface area contributed by atoms with Crippen molar-refractivity contribution in [2.75, 3.05) is 25.9 Å². The molecule has 9 heteroatoms. The van der Waals surface area contributed by atoms with Crippen molar-refractivity contribution in [3.8, 4) is 11.5 Å². The smallest absolute Gasteiger partial charge is 0.182 e. The molecule has 0 radical (unpaired) electrons. The van der Waals surface area contributed by atoms with Crippen molar-refractivity contribution in [3.05, 3.63) is 57.5 Å². The zero-order valence-corrected chi connectivity index (χ0v) is 19.2. The Kier molecular flexibility index (Phi) is 8.41. The van der Waals surface area contributed by atoms with Crippen LogP contribution in [0.15, 0.2) is 35.1 Å². The van der Waals surface area contributed by atoms with Gasteiger partial charge >= 0.3 is 0 Å². The molecule has 1 heterocycles. The standard InChI is InChI=1S/C20H24N2O3.C2H6O3S/c1-13-8-17(23)9-14(2)22(13)11-18(21)16-6-7-19(24-3)20(10-16)25-12-15-4-5-15;1-6(4,5)2-3/h6-10,15,21H,4-5,11-12H2,1-3H3;3H,2H2,1H3. The monoisotopic (exact) mass is 450 g/mol. The van der Waals surface area contributed by atoms with Crippen LogP contribution in [0, 0.1) is 25.2 Å². The Hall–Kier alpha value is -2.65. The predicted octanol–water partition coefficient (Wildman–Crippen LogP) is 2.31. The van der Waals surface area contributed by atoms with E-state index in [0.29, 0.717) is 36.3 Å². The van der Waals surface area contributed by atoms with Crippen LogP contribution >= 0.6 is 0 Å². The molecule has 170 valence electrons. The van der Waals surface area contributed by atoms with Gasteiger partial charge in [0, 0.05) is 35.3 Å². The highest BCUT2D eigenvalue weighted by molar-refractivity contribution is 7.90. The third kappa shape index (κ3) is 7.84. The number of sulfone groups is 1. The van der Waals surface area contributed by atoms with Crippen molar-refractivity contribution in [3.63, 3.8) is 0 Å². The molecule has 1 aliphatic carbocycles. The van der Waals surface area contributed by atoms with E-state index in [9.17, 15) is 13.2 Å². The van der Waals surface area contributed by atoms with Crippen LogP contribution in [0.4, 0.5) is 0 Å². The quantitative estimate of drug-likeness (QED) is 0.596. The Labute approximate surface area is 182 Å². The molecular formula is C22H30N2O6S. The molecule has 31 heavy (non-hydrogen) atoms. The van der Waals surface area contributed by atoms with Crippen molar-refractivity contribution >= 4 is 15.5 Å². The Morgan fingerprint density at radius 3 is 2.23 bits per heavy atom. The lowest BCUT2D eigenvalue weighted by molar-refractivity contribution is 0.280. The molecule has 0 saturated heterocycles. The van der Waals surface area contributed by atoms with Gasteiger partial charge in [0.05, 0.1) is 26.0 Å². The van der Waals surface area contributed by atoms with E-state index in [1.165, 1.54) is 12.8 Å². The predicted molar refractivity (Wildman–Crippen MR) is 120 cm³/mol. The summed E-state index contributed by atoms with van der Waals surface area (Å²) in [6.07, 6.45) is 3.42. The van der Waals surface area contributed by atoms with E-state index in [1.807, 2.05) is 36.6 Å². The van der Waals surface area contributed by atoms with E-state index in [0.717, 1.165) is 23.2 Å². The fraction of sp³-hybridized carbons (Fsp3) is 0.455. The van der Waals surface area contributed by atoms with Crippen molar-refractivity contribution in [1.82, 2.24) is 4.57 Å². The van der Waals surface area contributed by atoms with Gasteiger partial charge in [0.2, 0.25) is 0 Å². The fourth-order valence-electron chi connectivity index (χ4n) is 2.86. The Morgan fingerprint density at radius 1 is 1.16 bits per heavy atom. The number of hydrogen-bond donors (Lipinski definition) is 2. The van der Waals surface area contributed by atoms with Crippen LogP contribution in [0.5, 0.6) is 11.5 Å². The van der Waals surface area contributed by atoms with Gasteiger partial charge in [-0.2, -0.15) is 0 Å². The number of nitrogens with one attached hydrogen (secondary N) is 1. The average molecular weight is 451 g/mol. The molecule has 2 aromatic rings. The molecular weight excluding hydrogens is 420 g/mol. The minimum absolute atomic E-state index is 0.00186. The molecule has 1 aromatic heterocycles. The van der Waals surface area contributed by atoms with Crippen LogP contribution in [0.1, 0.15) is 29.8 Å². The number of nitrogens with zero attached hydrogens (tertiary/aromatic N) is 1. The number of methoxy groups -OCH3 is 1. The summed E-state index contributed by atoms with van der Waals surface area (Å²) in [7, 11) is -1.48. The highest BCUT2D eigenvalue weighted by Crippen LogP contribution is 2.33. The van der Waals surface area contributed by atoms with E-state index in [-0.39, 0.29) is 5.43 Å². The minimum atomic E-state index is -3.11. The first kappa shape index (κ1) is 24.6. The number of pyridine rings is 1. The molecule has 8 nitrogen and oxygen atoms in total. The molecule has 1 aromatic carbocycles. The molecule has 0 aliphatic heterocycles. The van der Waals surface area contributed by atoms with E-state index in [1.54, 1.807) is 19.2 Å². The summed E-state index contributed by atoms with van der Waals surface area (Å²) in [4.78, 5) is 11.6. The first-order valence-corrected chi connectivity index (χ1v) is 12.0. The van der Waals surface area contributed by atoms with Gasteiger partial charge in [0.25, 0.3) is 0 Å². The number of aliphatic hydroxyl groups excluding tert-OH is 1. The van der Waals surface area contributed by atoms with Crippen molar-refractivity contribution in [2.24, 2.45) is 5.92 Å². The zero-order chi connectivity index (χ0) is 23.2. The van der Waals surface area contributed by atoms with Gasteiger partial charge in [-0.1, -0.05) is 0 Å². The maximum Gasteiger partial charge on any atom is 0.182 e. The molecule has 0 amide bonds. The largest absolute Gasteiger partial charge is 0.493 e. The van der Waals surface area contributed by atoms with Gasteiger partial charge in [0.15, 0.2) is 26.8 Å². The van der Waals surface area contributed by atoms with Gasteiger partial charge in [-0.3, -0.25) is 4.79 Å². The third-order valence-electron chi connectivity index (χ3n) is 4.79. The average Bonchev–Trinajstić information content (AvgIpc) is 3.53. The van der Waals surface area contributed by atoms with Gasteiger partial charge in [-0.05, 0) is 50.8 Å². The SMILES string of the molecule is COc1ccc(C(=N)Cn2c(C)cc(=O)cc2C)cc1OCC1CC1.CS(=O)(=O)CO. The maximum atomic E-state index is 11.6. The minimum Gasteiger partial charge on any atom is -0.493 e. The van der Waals surface area contributed by atoms with Gasteiger partial charge in [-0.25, -0.2) is 8.42 Å². The molecule has 1 saturated carbocycles. The second kappa shape index (κ2) is 10.6. The number of benzene rings is 1. The molecule has 0 unspecified atom stereocenters. The van der Waals surface area contributed by atoms with E-state index in [2.05, 4.69) is 0 Å². The fourth-order valence-corrected chi connectivity index (χ4v) is 2.86. The summed E-state index contributed by atoms with van der Waals surface area (Å²) in [6.45, 7) is 4.89. The number of aryl methyl sites for hydroxylation is 2. The first-order chi connectivity index (χ1) is 14.5. The van der Waals surface area contributed by atoms with E-state index < -0.39 is 15.8 Å². The highest BCUT2D eigenvalue weighted by Gasteiger charge is 2.22. The summed E-state index contributed by atoms with van der Waals surface area (Å²) in [5.74, 6) is 1.27. The molecule has 2 N–H and O–H groups in total. The molecule has 1 aliphatic rings. The summed E-state index contributed by atoms with van der Waals surface area (Å²) in [5.41, 5.74) is 2.97. The van der Waals surface area contributed by atoms with Crippen LogP contribution in [0.2, 0.25) is 0 Å². The van der Waals surface area contributed by atoms with Crippen LogP contribution in [0.25, 0.3) is 0 Å². The number of rotatable bonds is 8. The van der Waals surface area contributed by atoms with Gasteiger partial charge in [-0.15, -0.1) is 0 Å². The summed E-state index contributed by atoms with van der Waals surface area (Å²) < 4.78 is 32.7. The van der Waals surface area contributed by atoms with Crippen molar-refractivity contribution in [2.45, 2.75) is 33.2 Å². The summed E-state index contributed by atoms with van der Waals surface area (Å²) in [6, 6.07) is 8.78. The molecule has 1 fully saturated rings. The number of aromatic nitrogens is 1. The normalized spacial score (nSPS) is 13.2. The molecule has 3 rings (SSSR count). The van der Waals surface area contributed by atoms with Crippen LogP contribution in [-0.2, 0) is 16.4 Å². The molecule has 0 bridgehead atoms.